The predicted molar refractivity (Wildman–Crippen MR) is 146 cm³/mol. The zero-order valence-corrected chi connectivity index (χ0v) is 23.4. The van der Waals surface area contributed by atoms with Crippen molar-refractivity contribution in [3.8, 4) is 40.1 Å². The van der Waals surface area contributed by atoms with Crippen molar-refractivity contribution < 1.29 is 79.2 Å². The van der Waals surface area contributed by atoms with Crippen molar-refractivity contribution in [2.24, 2.45) is 0 Å². The molecule has 0 spiro atoms. The van der Waals surface area contributed by atoms with Crippen LogP contribution in [0.2, 0.25) is 0 Å². The Morgan fingerprint density at radius 3 is 2.07 bits per heavy atom. The van der Waals surface area contributed by atoms with Crippen LogP contribution in [0.15, 0.2) is 39.5 Å². The lowest BCUT2D eigenvalue weighted by Gasteiger charge is -2.45. The van der Waals surface area contributed by atoms with E-state index in [1.807, 2.05) is 0 Å². The van der Waals surface area contributed by atoms with Crippen LogP contribution in [0.3, 0.4) is 0 Å². The number of methoxy groups -OCH3 is 1. The first-order chi connectivity index (χ1) is 21.4. The summed E-state index contributed by atoms with van der Waals surface area (Å²) in [5, 5.41) is 101. The Balaban J connectivity index is 1.41. The summed E-state index contributed by atoms with van der Waals surface area (Å²) < 4.78 is 33.1. The summed E-state index contributed by atoms with van der Waals surface area (Å²) in [6.45, 7) is -1.56. The highest BCUT2D eigenvalue weighted by Crippen LogP contribution is 2.39. The second-order valence-corrected chi connectivity index (χ2v) is 10.4. The molecule has 2 aliphatic heterocycles. The smallest absolute Gasteiger partial charge is 0.239 e. The van der Waals surface area contributed by atoms with Gasteiger partial charge in [0.2, 0.25) is 17.5 Å². The number of fused-ring (bicyclic) bond motifs is 1. The third-order valence-electron chi connectivity index (χ3n) is 7.56. The summed E-state index contributed by atoms with van der Waals surface area (Å²) in [5.41, 5.74) is -0.882. The van der Waals surface area contributed by atoms with Crippen molar-refractivity contribution in [2.45, 2.75) is 61.4 Å². The van der Waals surface area contributed by atoms with Crippen LogP contribution < -0.4 is 14.9 Å². The fraction of sp³-hybridized carbons (Fsp3) is 0.464. The number of hydrogen-bond donors (Lipinski definition) is 10. The molecule has 1 aromatic heterocycles. The normalized spacial score (nSPS) is 32.0. The third kappa shape index (κ3) is 5.98. The highest BCUT2D eigenvalue weighted by atomic mass is 16.7. The lowest BCUT2D eigenvalue weighted by atomic mass is 9.97. The van der Waals surface area contributed by atoms with Crippen molar-refractivity contribution in [2.75, 3.05) is 20.3 Å². The molecule has 2 aliphatic rings. The van der Waals surface area contributed by atoms with Gasteiger partial charge < -0.3 is 79.2 Å². The molecule has 246 valence electrons. The van der Waals surface area contributed by atoms with Crippen molar-refractivity contribution in [3.05, 3.63) is 40.6 Å². The Morgan fingerprint density at radius 2 is 1.42 bits per heavy atom. The van der Waals surface area contributed by atoms with Crippen LogP contribution in [0.1, 0.15) is 0 Å². The van der Waals surface area contributed by atoms with Crippen molar-refractivity contribution in [1.82, 2.24) is 0 Å². The highest BCUT2D eigenvalue weighted by Gasteiger charge is 2.51. The molecule has 0 amide bonds. The Labute approximate surface area is 252 Å². The number of benzene rings is 2. The fourth-order valence-electron chi connectivity index (χ4n) is 5.15. The SMILES string of the molecule is COc1c(-c2ccc(O)c(O)c2)oc2cc(O[C@@H]3O[C@H](CO)[C@@H](O[C@@H]4O[C@H](CO)[C@H](O)[C@H](O)[C@H]4O)[C@H](O)[C@H]3O)cc(O)c2c1=O. The van der Waals surface area contributed by atoms with E-state index in [-0.39, 0.29) is 33.8 Å². The maximum absolute atomic E-state index is 13.2. The number of ether oxygens (including phenoxy) is 5. The zero-order chi connectivity index (χ0) is 32.7. The predicted octanol–water partition coefficient (Wildman–Crippen LogP) is -2.41. The molecule has 17 heteroatoms. The van der Waals surface area contributed by atoms with Gasteiger partial charge in [-0.2, -0.15) is 0 Å². The van der Waals surface area contributed by atoms with E-state index < -0.39 is 97.3 Å². The highest BCUT2D eigenvalue weighted by molar-refractivity contribution is 5.88. The van der Waals surface area contributed by atoms with E-state index >= 15 is 0 Å². The van der Waals surface area contributed by atoms with Gasteiger partial charge >= 0.3 is 0 Å². The first kappa shape index (κ1) is 32.6. The quantitative estimate of drug-likeness (QED) is 0.115. The number of hydrogen-bond acceptors (Lipinski definition) is 17. The lowest BCUT2D eigenvalue weighted by Crippen LogP contribution is -2.65. The maximum Gasteiger partial charge on any atom is 0.239 e. The van der Waals surface area contributed by atoms with E-state index in [0.29, 0.717) is 0 Å². The molecule has 10 N–H and O–H groups in total. The van der Waals surface area contributed by atoms with Gasteiger partial charge in [-0.1, -0.05) is 0 Å². The Morgan fingerprint density at radius 1 is 0.756 bits per heavy atom. The van der Waals surface area contributed by atoms with Gasteiger partial charge in [-0.25, -0.2) is 0 Å². The minimum Gasteiger partial charge on any atom is -0.507 e. The average Bonchev–Trinajstić information content (AvgIpc) is 3.01. The molecular weight excluding hydrogens is 608 g/mol. The number of phenolic OH excluding ortho intramolecular Hbond substituents is 3. The standard InChI is InChI=1S/C28H32O17/c1-40-26-19(35)17-13(33)5-10(6-14(17)42-24(26)9-2-3-11(31)12(32)4-9)41-27-23(39)21(37)25(16(8-30)44-27)45-28-22(38)20(36)18(34)15(7-29)43-28/h2-6,15-16,18,20-23,25,27-34,36-39H,7-8H2,1H3/t15-,16-,18+,20+,21-,22-,23-,25-,27-,28+/m1/s1. The molecule has 2 saturated heterocycles. The first-order valence-corrected chi connectivity index (χ1v) is 13.5. The molecule has 0 bridgehead atoms. The van der Waals surface area contributed by atoms with E-state index in [1.165, 1.54) is 13.2 Å². The van der Waals surface area contributed by atoms with Crippen molar-refractivity contribution >= 4 is 11.0 Å². The van der Waals surface area contributed by atoms with E-state index in [1.54, 1.807) is 0 Å². The van der Waals surface area contributed by atoms with Gasteiger partial charge in [-0.3, -0.25) is 4.79 Å². The monoisotopic (exact) mass is 640 g/mol. The second kappa shape index (κ2) is 12.9. The number of aliphatic hydroxyl groups excluding tert-OH is 7. The van der Waals surface area contributed by atoms with Gasteiger partial charge in [-0.15, -0.1) is 0 Å². The molecule has 3 heterocycles. The minimum absolute atomic E-state index is 0.136. The summed E-state index contributed by atoms with van der Waals surface area (Å²) >= 11 is 0. The summed E-state index contributed by atoms with van der Waals surface area (Å²) in [5.74, 6) is -2.27. The summed E-state index contributed by atoms with van der Waals surface area (Å²) in [7, 11) is 1.19. The molecule has 3 aromatic rings. The van der Waals surface area contributed by atoms with E-state index in [9.17, 15) is 55.9 Å². The molecule has 0 saturated carbocycles. The fourth-order valence-corrected chi connectivity index (χ4v) is 5.15. The van der Waals surface area contributed by atoms with Gasteiger partial charge in [0, 0.05) is 17.7 Å². The maximum atomic E-state index is 13.2. The summed E-state index contributed by atoms with van der Waals surface area (Å²) in [6.07, 6.45) is -16.8. The lowest BCUT2D eigenvalue weighted by molar-refractivity contribution is -0.352. The summed E-state index contributed by atoms with van der Waals surface area (Å²) in [6, 6.07) is 5.77. The number of rotatable bonds is 8. The van der Waals surface area contributed by atoms with Crippen molar-refractivity contribution in [3.63, 3.8) is 0 Å². The van der Waals surface area contributed by atoms with Gasteiger partial charge in [-0.05, 0) is 18.2 Å². The van der Waals surface area contributed by atoms with Gasteiger partial charge in [0.25, 0.3) is 0 Å². The molecule has 5 rings (SSSR count). The third-order valence-corrected chi connectivity index (χ3v) is 7.56. The molecular formula is C28H32O17. The molecule has 45 heavy (non-hydrogen) atoms. The van der Waals surface area contributed by atoms with Crippen LogP contribution in [0.25, 0.3) is 22.3 Å². The van der Waals surface area contributed by atoms with E-state index in [4.69, 9.17) is 28.1 Å². The number of aliphatic hydroxyl groups is 7. The Hall–Kier alpha value is -3.75. The summed E-state index contributed by atoms with van der Waals surface area (Å²) in [4.78, 5) is 13.2. The zero-order valence-electron chi connectivity index (χ0n) is 23.4. The molecule has 10 atom stereocenters. The minimum atomic E-state index is -1.89. The first-order valence-electron chi connectivity index (χ1n) is 13.5. The van der Waals surface area contributed by atoms with E-state index in [0.717, 1.165) is 24.3 Å². The van der Waals surface area contributed by atoms with Crippen LogP contribution in [-0.2, 0) is 14.2 Å². The average molecular weight is 641 g/mol. The van der Waals surface area contributed by atoms with Gasteiger partial charge in [0.05, 0.1) is 20.3 Å². The molecule has 0 radical (unpaired) electrons. The Kier molecular flexibility index (Phi) is 9.38. The molecule has 2 aromatic carbocycles. The van der Waals surface area contributed by atoms with Crippen LogP contribution in [0, 0.1) is 0 Å². The van der Waals surface area contributed by atoms with Crippen molar-refractivity contribution in [1.29, 1.82) is 0 Å². The van der Waals surface area contributed by atoms with Crippen LogP contribution in [0.4, 0.5) is 0 Å². The Bertz CT molecular complexity index is 1570. The molecule has 17 nitrogen and oxygen atoms in total. The number of phenols is 3. The molecule has 2 fully saturated rings. The van der Waals surface area contributed by atoms with Gasteiger partial charge in [0.15, 0.2) is 23.5 Å². The van der Waals surface area contributed by atoms with Crippen LogP contribution in [-0.4, -0.2) is 133 Å². The number of aromatic hydroxyl groups is 3. The van der Waals surface area contributed by atoms with Crippen LogP contribution >= 0.6 is 0 Å². The molecule has 0 aliphatic carbocycles. The van der Waals surface area contributed by atoms with Gasteiger partial charge in [0.1, 0.15) is 71.3 Å². The largest absolute Gasteiger partial charge is 0.507 e. The molecule has 0 unspecified atom stereocenters. The van der Waals surface area contributed by atoms with E-state index in [2.05, 4.69) is 0 Å². The topological polar surface area (TPSA) is 279 Å². The second-order valence-electron chi connectivity index (χ2n) is 10.4. The van der Waals surface area contributed by atoms with Crippen LogP contribution in [0.5, 0.6) is 28.7 Å².